The van der Waals surface area contributed by atoms with Crippen molar-refractivity contribution in [3.05, 3.63) is 53.6 Å². The minimum atomic E-state index is -0.674. The van der Waals surface area contributed by atoms with E-state index >= 15 is 0 Å². The molecule has 0 aromatic heterocycles. The maximum Gasteiger partial charge on any atom is 0.249 e. The van der Waals surface area contributed by atoms with Gasteiger partial charge in [0.1, 0.15) is 11.6 Å². The van der Waals surface area contributed by atoms with E-state index < -0.39 is 17.5 Å². The van der Waals surface area contributed by atoms with Gasteiger partial charge in [-0.2, -0.15) is 0 Å². The van der Waals surface area contributed by atoms with Crippen LogP contribution in [-0.4, -0.2) is 5.91 Å². The average molecular weight is 280 g/mol. The van der Waals surface area contributed by atoms with Crippen LogP contribution in [0.25, 0.3) is 0 Å². The summed E-state index contributed by atoms with van der Waals surface area (Å²) in [5.41, 5.74) is 11.4. The van der Waals surface area contributed by atoms with Crippen molar-refractivity contribution in [1.29, 1.82) is 0 Å². The van der Waals surface area contributed by atoms with Crippen LogP contribution >= 0.6 is 11.8 Å². The summed E-state index contributed by atoms with van der Waals surface area (Å²) >= 11 is 0.869. The van der Waals surface area contributed by atoms with Crippen LogP contribution in [0.4, 0.5) is 14.5 Å². The fourth-order valence-corrected chi connectivity index (χ4v) is 2.55. The number of anilines is 1. The number of primary amides is 1. The molecule has 4 N–H and O–H groups in total. The molecule has 2 aromatic rings. The Hall–Kier alpha value is -2.08. The van der Waals surface area contributed by atoms with Crippen LogP contribution in [0.3, 0.4) is 0 Å². The first-order chi connectivity index (χ1) is 8.99. The summed E-state index contributed by atoms with van der Waals surface area (Å²) in [6.45, 7) is 0. The molecule has 0 bridgehead atoms. The van der Waals surface area contributed by atoms with Crippen molar-refractivity contribution in [2.75, 3.05) is 5.73 Å². The van der Waals surface area contributed by atoms with E-state index in [4.69, 9.17) is 11.5 Å². The molecule has 0 aliphatic carbocycles. The Kier molecular flexibility index (Phi) is 3.71. The Morgan fingerprint density at radius 2 is 1.89 bits per heavy atom. The number of rotatable bonds is 3. The SMILES string of the molecule is NC(=O)c1cccc(N)c1Sc1cc(F)ccc1F. The van der Waals surface area contributed by atoms with E-state index in [1.165, 1.54) is 6.07 Å². The Morgan fingerprint density at radius 1 is 1.16 bits per heavy atom. The highest BCUT2D eigenvalue weighted by Crippen LogP contribution is 2.36. The summed E-state index contributed by atoms with van der Waals surface area (Å²) in [5, 5.41) is 0. The van der Waals surface area contributed by atoms with Gasteiger partial charge in [0.05, 0.1) is 10.5 Å². The fourth-order valence-electron chi connectivity index (χ4n) is 1.53. The summed E-state index contributed by atoms with van der Waals surface area (Å²) in [6.07, 6.45) is 0. The van der Waals surface area contributed by atoms with Crippen molar-refractivity contribution in [2.45, 2.75) is 9.79 Å². The van der Waals surface area contributed by atoms with Crippen molar-refractivity contribution in [3.63, 3.8) is 0 Å². The smallest absolute Gasteiger partial charge is 0.249 e. The largest absolute Gasteiger partial charge is 0.398 e. The zero-order valence-electron chi connectivity index (χ0n) is 9.69. The van der Waals surface area contributed by atoms with E-state index in [0.29, 0.717) is 4.90 Å². The molecule has 0 saturated heterocycles. The maximum atomic E-state index is 13.6. The van der Waals surface area contributed by atoms with E-state index in [2.05, 4.69) is 0 Å². The van der Waals surface area contributed by atoms with Crippen molar-refractivity contribution < 1.29 is 13.6 Å². The molecule has 98 valence electrons. The van der Waals surface area contributed by atoms with Crippen molar-refractivity contribution in [3.8, 4) is 0 Å². The third-order valence-electron chi connectivity index (χ3n) is 2.42. The second-order valence-electron chi connectivity index (χ2n) is 3.76. The number of nitrogen functional groups attached to an aromatic ring is 1. The minimum absolute atomic E-state index is 0.0420. The van der Waals surface area contributed by atoms with Gasteiger partial charge < -0.3 is 11.5 Å². The third kappa shape index (κ3) is 2.85. The maximum absolute atomic E-state index is 13.6. The quantitative estimate of drug-likeness (QED) is 0.849. The number of nitrogens with two attached hydrogens (primary N) is 2. The van der Waals surface area contributed by atoms with E-state index in [1.807, 2.05) is 0 Å². The van der Waals surface area contributed by atoms with Crippen LogP contribution in [0.15, 0.2) is 46.2 Å². The van der Waals surface area contributed by atoms with Gasteiger partial charge in [-0.1, -0.05) is 17.8 Å². The van der Waals surface area contributed by atoms with Gasteiger partial charge in [0.15, 0.2) is 0 Å². The topological polar surface area (TPSA) is 69.1 Å². The van der Waals surface area contributed by atoms with E-state index in [9.17, 15) is 13.6 Å². The molecule has 0 spiro atoms. The molecule has 0 radical (unpaired) electrons. The predicted molar refractivity (Wildman–Crippen MR) is 69.9 cm³/mol. The lowest BCUT2D eigenvalue weighted by Crippen LogP contribution is -2.13. The summed E-state index contributed by atoms with van der Waals surface area (Å²) < 4.78 is 26.7. The third-order valence-corrected chi connectivity index (χ3v) is 3.61. The molecule has 2 rings (SSSR count). The lowest BCUT2D eigenvalue weighted by molar-refractivity contribution is 0.0997. The van der Waals surface area contributed by atoms with Crippen LogP contribution < -0.4 is 11.5 Å². The van der Waals surface area contributed by atoms with Crippen LogP contribution in [0.1, 0.15) is 10.4 Å². The van der Waals surface area contributed by atoms with Crippen molar-refractivity contribution in [1.82, 2.24) is 0 Å². The van der Waals surface area contributed by atoms with Gasteiger partial charge in [0.25, 0.3) is 0 Å². The molecule has 3 nitrogen and oxygen atoms in total. The average Bonchev–Trinajstić information content (AvgIpc) is 2.35. The highest BCUT2D eigenvalue weighted by atomic mass is 32.2. The van der Waals surface area contributed by atoms with Crippen molar-refractivity contribution >= 4 is 23.4 Å². The molecule has 0 heterocycles. The zero-order chi connectivity index (χ0) is 14.0. The molecule has 0 saturated carbocycles. The van der Waals surface area contributed by atoms with E-state index in [-0.39, 0.29) is 16.1 Å². The standard InChI is InChI=1S/C13H10F2N2OS/c14-7-4-5-9(15)11(6-7)19-12-8(13(17)18)2-1-3-10(12)16/h1-6H,16H2,(H2,17,18). The fraction of sp³-hybridized carbons (Fsp3) is 0. The molecule has 1 amide bonds. The summed E-state index contributed by atoms with van der Waals surface area (Å²) in [7, 11) is 0. The molecule has 19 heavy (non-hydrogen) atoms. The number of hydrogen-bond donors (Lipinski definition) is 2. The molecule has 0 atom stereocenters. The molecule has 2 aromatic carbocycles. The van der Waals surface area contributed by atoms with Gasteiger partial charge in [-0.05, 0) is 30.3 Å². The Morgan fingerprint density at radius 3 is 2.58 bits per heavy atom. The molecule has 0 aliphatic rings. The lowest BCUT2D eigenvalue weighted by Gasteiger charge is -2.10. The Balaban J connectivity index is 2.49. The van der Waals surface area contributed by atoms with Gasteiger partial charge in [-0.15, -0.1) is 0 Å². The first kappa shape index (κ1) is 13.4. The van der Waals surface area contributed by atoms with E-state index in [0.717, 1.165) is 30.0 Å². The highest BCUT2D eigenvalue weighted by molar-refractivity contribution is 7.99. The summed E-state index contributed by atoms with van der Waals surface area (Å²) in [5.74, 6) is -1.84. The van der Waals surface area contributed by atoms with Crippen LogP contribution in [0, 0.1) is 11.6 Å². The number of carbonyl (C=O) groups is 1. The normalized spacial score (nSPS) is 10.4. The van der Waals surface area contributed by atoms with Gasteiger partial charge in [-0.3, -0.25) is 4.79 Å². The molecular formula is C13H10F2N2OS. The first-order valence-corrected chi connectivity index (χ1v) is 6.12. The van der Waals surface area contributed by atoms with Gasteiger partial charge in [-0.25, -0.2) is 8.78 Å². The molecular weight excluding hydrogens is 270 g/mol. The molecule has 0 unspecified atom stereocenters. The van der Waals surface area contributed by atoms with Gasteiger partial charge in [0, 0.05) is 10.6 Å². The minimum Gasteiger partial charge on any atom is -0.398 e. The number of amides is 1. The van der Waals surface area contributed by atoms with Crippen LogP contribution in [0.5, 0.6) is 0 Å². The number of carbonyl (C=O) groups excluding carboxylic acids is 1. The zero-order valence-corrected chi connectivity index (χ0v) is 10.5. The summed E-state index contributed by atoms with van der Waals surface area (Å²) in [4.78, 5) is 11.7. The van der Waals surface area contributed by atoms with Gasteiger partial charge in [0.2, 0.25) is 5.91 Å². The lowest BCUT2D eigenvalue weighted by atomic mass is 10.2. The molecule has 0 fully saturated rings. The Labute approximate surface area is 112 Å². The van der Waals surface area contributed by atoms with Crippen molar-refractivity contribution in [2.24, 2.45) is 5.73 Å². The Bertz CT molecular complexity index is 647. The monoisotopic (exact) mass is 280 g/mol. The molecule has 6 heteroatoms. The van der Waals surface area contributed by atoms with Gasteiger partial charge >= 0.3 is 0 Å². The second kappa shape index (κ2) is 5.27. The van der Waals surface area contributed by atoms with Crippen LogP contribution in [-0.2, 0) is 0 Å². The number of halogens is 2. The van der Waals surface area contributed by atoms with E-state index in [1.54, 1.807) is 12.1 Å². The first-order valence-electron chi connectivity index (χ1n) is 5.30. The summed E-state index contributed by atoms with van der Waals surface area (Å²) in [6, 6.07) is 7.69. The number of benzene rings is 2. The number of hydrogen-bond acceptors (Lipinski definition) is 3. The predicted octanol–water partition coefficient (Wildman–Crippen LogP) is 2.80. The van der Waals surface area contributed by atoms with Crippen LogP contribution in [0.2, 0.25) is 0 Å². The molecule has 0 aliphatic heterocycles. The second-order valence-corrected chi connectivity index (χ2v) is 4.82. The highest BCUT2D eigenvalue weighted by Gasteiger charge is 2.14.